The van der Waals surface area contributed by atoms with Crippen LogP contribution in [-0.4, -0.2) is 20.6 Å². The Labute approximate surface area is 109 Å². The lowest BCUT2D eigenvalue weighted by molar-refractivity contribution is 0.0930. The Morgan fingerprint density at radius 3 is 2.89 bits per heavy atom. The molecule has 0 aliphatic rings. The van der Waals surface area contributed by atoms with Crippen LogP contribution in [-0.2, 0) is 0 Å². The summed E-state index contributed by atoms with van der Waals surface area (Å²) >= 11 is 1.13. The van der Waals surface area contributed by atoms with Gasteiger partial charge in [0.15, 0.2) is 5.69 Å². The Hall–Kier alpha value is -1.95. The third-order valence-electron chi connectivity index (χ3n) is 2.62. The summed E-state index contributed by atoms with van der Waals surface area (Å²) in [4.78, 5) is 11.9. The summed E-state index contributed by atoms with van der Waals surface area (Å²) in [7, 11) is 0. The van der Waals surface area contributed by atoms with Gasteiger partial charge in [0, 0.05) is 10.9 Å². The Morgan fingerprint density at radius 2 is 2.28 bits per heavy atom. The highest BCUT2D eigenvalue weighted by Crippen LogP contribution is 2.25. The molecule has 0 aliphatic heterocycles. The maximum absolute atomic E-state index is 11.9. The van der Waals surface area contributed by atoms with Gasteiger partial charge < -0.3 is 10.4 Å². The lowest BCUT2D eigenvalue weighted by atomic mass is 10.0. The van der Waals surface area contributed by atoms with Crippen LogP contribution in [0.3, 0.4) is 0 Å². The average Bonchev–Trinajstić information content (AvgIpc) is 2.90. The van der Waals surface area contributed by atoms with Gasteiger partial charge in [0.05, 0.1) is 6.04 Å². The van der Waals surface area contributed by atoms with Crippen molar-refractivity contribution in [1.82, 2.24) is 14.9 Å². The van der Waals surface area contributed by atoms with Gasteiger partial charge in [-0.1, -0.05) is 29.6 Å². The first kappa shape index (κ1) is 12.5. The molecule has 94 valence electrons. The predicted molar refractivity (Wildman–Crippen MR) is 68.5 cm³/mol. The lowest BCUT2D eigenvalue weighted by Gasteiger charge is -2.17. The minimum atomic E-state index is -0.279. The molecule has 1 unspecified atom stereocenters. The van der Waals surface area contributed by atoms with E-state index in [1.165, 1.54) is 0 Å². The molecule has 1 atom stereocenters. The van der Waals surface area contributed by atoms with Crippen LogP contribution in [0.25, 0.3) is 0 Å². The predicted octanol–water partition coefficient (Wildman–Crippen LogP) is 2.12. The fourth-order valence-corrected chi connectivity index (χ4v) is 2.11. The van der Waals surface area contributed by atoms with E-state index in [1.54, 1.807) is 23.6 Å². The fraction of sp³-hybridized carbons (Fsp3) is 0.250. The van der Waals surface area contributed by atoms with Gasteiger partial charge in [-0.3, -0.25) is 4.79 Å². The standard InChI is InChI=1S/C12H13N3O2S/c1-2-9(8-5-3-4-6-11(8)16)13-12(17)10-7-18-15-14-10/h3-7,9,16H,2H2,1H3,(H,13,17). The van der Waals surface area contributed by atoms with Gasteiger partial charge in [0.25, 0.3) is 5.91 Å². The maximum Gasteiger partial charge on any atom is 0.273 e. The number of aromatic nitrogens is 2. The molecule has 2 rings (SSSR count). The van der Waals surface area contributed by atoms with Crippen LogP contribution in [0.4, 0.5) is 0 Å². The summed E-state index contributed by atoms with van der Waals surface area (Å²) in [5.74, 6) is -0.0973. The van der Waals surface area contributed by atoms with E-state index in [0.717, 1.165) is 11.5 Å². The summed E-state index contributed by atoms with van der Waals surface area (Å²) in [6, 6.07) is 6.74. The van der Waals surface area contributed by atoms with Gasteiger partial charge >= 0.3 is 0 Å². The van der Waals surface area contributed by atoms with Crippen LogP contribution in [0.2, 0.25) is 0 Å². The Bertz CT molecular complexity index is 528. The minimum absolute atomic E-state index is 0.182. The fourth-order valence-electron chi connectivity index (χ4n) is 1.68. The number of aromatic hydroxyl groups is 1. The van der Waals surface area contributed by atoms with Crippen molar-refractivity contribution in [2.75, 3.05) is 0 Å². The number of carbonyl (C=O) groups excluding carboxylic acids is 1. The van der Waals surface area contributed by atoms with E-state index in [2.05, 4.69) is 14.9 Å². The summed E-state index contributed by atoms with van der Waals surface area (Å²) in [5.41, 5.74) is 1.01. The maximum atomic E-state index is 11.9. The lowest BCUT2D eigenvalue weighted by Crippen LogP contribution is -2.28. The molecule has 0 bridgehead atoms. The number of carbonyl (C=O) groups is 1. The minimum Gasteiger partial charge on any atom is -0.508 e. The van der Waals surface area contributed by atoms with Crippen LogP contribution in [0.15, 0.2) is 29.6 Å². The van der Waals surface area contributed by atoms with Crippen LogP contribution in [0, 0.1) is 0 Å². The zero-order valence-corrected chi connectivity index (χ0v) is 10.6. The van der Waals surface area contributed by atoms with Gasteiger partial charge in [-0.2, -0.15) is 0 Å². The zero-order valence-electron chi connectivity index (χ0n) is 9.83. The van der Waals surface area contributed by atoms with Crippen molar-refractivity contribution in [3.05, 3.63) is 40.9 Å². The number of benzene rings is 1. The van der Waals surface area contributed by atoms with Crippen LogP contribution >= 0.6 is 11.5 Å². The molecule has 18 heavy (non-hydrogen) atoms. The highest BCUT2D eigenvalue weighted by atomic mass is 32.1. The first-order valence-electron chi connectivity index (χ1n) is 5.58. The van der Waals surface area contributed by atoms with Crippen molar-refractivity contribution in [2.45, 2.75) is 19.4 Å². The monoisotopic (exact) mass is 263 g/mol. The van der Waals surface area contributed by atoms with Gasteiger partial charge in [0.2, 0.25) is 0 Å². The molecule has 2 aromatic rings. The number of rotatable bonds is 4. The summed E-state index contributed by atoms with van der Waals surface area (Å²) in [6.07, 6.45) is 0.681. The van der Waals surface area contributed by atoms with Crippen LogP contribution in [0.5, 0.6) is 5.75 Å². The van der Waals surface area contributed by atoms with E-state index in [4.69, 9.17) is 0 Å². The molecule has 1 aromatic carbocycles. The number of nitrogens with one attached hydrogen (secondary N) is 1. The average molecular weight is 263 g/mol. The second kappa shape index (κ2) is 5.59. The quantitative estimate of drug-likeness (QED) is 0.886. The number of hydrogen-bond acceptors (Lipinski definition) is 5. The first-order valence-corrected chi connectivity index (χ1v) is 6.41. The number of phenols is 1. The summed E-state index contributed by atoms with van der Waals surface area (Å²) in [6.45, 7) is 1.94. The van der Waals surface area contributed by atoms with Crippen molar-refractivity contribution in [3.8, 4) is 5.75 Å². The topological polar surface area (TPSA) is 75.1 Å². The van der Waals surface area contributed by atoms with Gasteiger partial charge in [-0.15, -0.1) is 5.10 Å². The third kappa shape index (κ3) is 2.65. The molecule has 0 saturated heterocycles. The molecule has 1 amide bonds. The Morgan fingerprint density at radius 1 is 1.50 bits per heavy atom. The normalized spacial score (nSPS) is 12.1. The molecular weight excluding hydrogens is 250 g/mol. The van der Waals surface area contributed by atoms with Crippen molar-refractivity contribution in [2.24, 2.45) is 0 Å². The zero-order chi connectivity index (χ0) is 13.0. The molecule has 6 heteroatoms. The first-order chi connectivity index (χ1) is 8.72. The molecular formula is C12H13N3O2S. The molecule has 5 nitrogen and oxygen atoms in total. The number of nitrogens with zero attached hydrogens (tertiary/aromatic N) is 2. The van der Waals surface area contributed by atoms with Crippen LogP contribution in [0.1, 0.15) is 35.4 Å². The van der Waals surface area contributed by atoms with E-state index in [-0.39, 0.29) is 17.7 Å². The van der Waals surface area contributed by atoms with Crippen molar-refractivity contribution in [3.63, 3.8) is 0 Å². The van der Waals surface area contributed by atoms with E-state index >= 15 is 0 Å². The molecule has 0 aliphatic carbocycles. The Kier molecular flexibility index (Phi) is 3.88. The van der Waals surface area contributed by atoms with Gasteiger partial charge in [-0.05, 0) is 24.0 Å². The van der Waals surface area contributed by atoms with E-state index in [9.17, 15) is 9.90 Å². The molecule has 0 radical (unpaired) electrons. The third-order valence-corrected chi connectivity index (χ3v) is 3.12. The van der Waals surface area contributed by atoms with Crippen molar-refractivity contribution >= 4 is 17.4 Å². The summed E-state index contributed by atoms with van der Waals surface area (Å²) < 4.78 is 3.65. The second-order valence-corrected chi connectivity index (χ2v) is 4.39. The van der Waals surface area contributed by atoms with E-state index < -0.39 is 0 Å². The highest BCUT2D eigenvalue weighted by molar-refractivity contribution is 7.03. The van der Waals surface area contributed by atoms with Crippen LogP contribution < -0.4 is 5.32 Å². The summed E-state index contributed by atoms with van der Waals surface area (Å²) in [5, 5.41) is 17.9. The Balaban J connectivity index is 2.16. The second-order valence-electron chi connectivity index (χ2n) is 3.78. The smallest absolute Gasteiger partial charge is 0.273 e. The number of phenolic OH excluding ortho intramolecular Hbond substituents is 1. The SMILES string of the molecule is CCC(NC(=O)c1csnn1)c1ccccc1O. The molecule has 1 heterocycles. The molecule has 2 N–H and O–H groups in total. The molecule has 0 fully saturated rings. The molecule has 0 spiro atoms. The molecule has 1 aromatic heterocycles. The number of para-hydroxylation sites is 1. The van der Waals surface area contributed by atoms with Crippen molar-refractivity contribution in [1.29, 1.82) is 0 Å². The van der Waals surface area contributed by atoms with Gasteiger partial charge in [-0.25, -0.2) is 0 Å². The molecule has 0 saturated carbocycles. The van der Waals surface area contributed by atoms with E-state index in [1.807, 2.05) is 13.0 Å². The highest BCUT2D eigenvalue weighted by Gasteiger charge is 2.17. The number of hydrogen-bond donors (Lipinski definition) is 2. The van der Waals surface area contributed by atoms with Crippen molar-refractivity contribution < 1.29 is 9.90 Å². The van der Waals surface area contributed by atoms with E-state index in [0.29, 0.717) is 17.7 Å². The largest absolute Gasteiger partial charge is 0.508 e. The van der Waals surface area contributed by atoms with Gasteiger partial charge in [0.1, 0.15) is 5.75 Å². The number of amides is 1.